The molecule has 0 aliphatic heterocycles. The highest BCUT2D eigenvalue weighted by atomic mass is 16.6. The Morgan fingerprint density at radius 2 is 1.88 bits per heavy atom. The van der Waals surface area contributed by atoms with Gasteiger partial charge in [0.15, 0.2) is 0 Å². The summed E-state index contributed by atoms with van der Waals surface area (Å²) < 4.78 is 0. The number of nitrogens with zero attached hydrogens (tertiary/aromatic N) is 4. The topological polar surface area (TPSA) is 132 Å². The van der Waals surface area contributed by atoms with Crippen molar-refractivity contribution in [2.24, 2.45) is 5.73 Å². The normalized spacial score (nSPS) is 11.8. The number of rotatable bonds is 9. The first kappa shape index (κ1) is 22.1. The minimum absolute atomic E-state index is 0.00607. The molecule has 4 N–H and O–H groups in total. The first-order chi connectivity index (χ1) is 16.0. The number of hydrogen-bond donors (Lipinski definition) is 3. The molecule has 0 bridgehead atoms. The maximum absolute atomic E-state index is 11.5. The molecule has 0 aliphatic carbocycles. The van der Waals surface area contributed by atoms with E-state index in [0.717, 1.165) is 16.8 Å². The lowest BCUT2D eigenvalue weighted by Crippen LogP contribution is -2.14. The number of anilines is 2. The molecule has 2 aromatic carbocycles. The van der Waals surface area contributed by atoms with E-state index in [1.54, 1.807) is 12.3 Å². The van der Waals surface area contributed by atoms with Gasteiger partial charge in [0.1, 0.15) is 17.8 Å². The lowest BCUT2D eigenvalue weighted by atomic mass is 10.0. The molecule has 2 heterocycles. The van der Waals surface area contributed by atoms with Crippen LogP contribution in [0.25, 0.3) is 10.9 Å². The lowest BCUT2D eigenvalue weighted by molar-refractivity contribution is -0.383. The van der Waals surface area contributed by atoms with E-state index in [1.807, 2.05) is 49.4 Å². The van der Waals surface area contributed by atoms with E-state index in [2.05, 4.69) is 25.6 Å². The molecule has 0 fully saturated rings. The smallest absolute Gasteiger partial charge is 0.293 e. The summed E-state index contributed by atoms with van der Waals surface area (Å²) in [5.74, 6) is 0.544. The molecule has 9 nitrogen and oxygen atoms in total. The van der Waals surface area contributed by atoms with Gasteiger partial charge in [0.05, 0.1) is 10.4 Å². The lowest BCUT2D eigenvalue weighted by Gasteiger charge is -2.13. The summed E-state index contributed by atoms with van der Waals surface area (Å²) in [5, 5.41) is 18.4. The third-order valence-electron chi connectivity index (χ3n) is 5.34. The van der Waals surface area contributed by atoms with Crippen molar-refractivity contribution in [2.75, 3.05) is 17.2 Å². The van der Waals surface area contributed by atoms with Gasteiger partial charge >= 0.3 is 0 Å². The van der Waals surface area contributed by atoms with Gasteiger partial charge in [0, 0.05) is 48.9 Å². The summed E-state index contributed by atoms with van der Waals surface area (Å²) in [4.78, 5) is 24.0. The van der Waals surface area contributed by atoms with E-state index < -0.39 is 4.92 Å². The molecule has 33 heavy (non-hydrogen) atoms. The Morgan fingerprint density at radius 3 is 2.58 bits per heavy atom. The highest BCUT2D eigenvalue weighted by Gasteiger charge is 2.17. The largest absolute Gasteiger partial charge is 0.380 e. The summed E-state index contributed by atoms with van der Waals surface area (Å²) in [6.07, 6.45) is 3.88. The van der Waals surface area contributed by atoms with Gasteiger partial charge in [-0.15, -0.1) is 0 Å². The zero-order valence-corrected chi connectivity index (χ0v) is 18.2. The fraction of sp³-hybridized carbons (Fsp3) is 0.208. The van der Waals surface area contributed by atoms with Crippen LogP contribution in [0.5, 0.6) is 0 Å². The molecule has 0 saturated heterocycles. The fourth-order valence-corrected chi connectivity index (χ4v) is 3.65. The molecule has 1 atom stereocenters. The second kappa shape index (κ2) is 10.0. The summed E-state index contributed by atoms with van der Waals surface area (Å²) >= 11 is 0. The molecule has 2 aromatic heterocycles. The van der Waals surface area contributed by atoms with Crippen LogP contribution >= 0.6 is 0 Å². The Morgan fingerprint density at radius 1 is 1.06 bits per heavy atom. The maximum Gasteiger partial charge on any atom is 0.293 e. The second-order valence-corrected chi connectivity index (χ2v) is 7.62. The minimum Gasteiger partial charge on any atom is -0.380 e. The Balaban J connectivity index is 1.49. The van der Waals surface area contributed by atoms with Crippen LogP contribution in [0.4, 0.5) is 17.2 Å². The summed E-state index contributed by atoms with van der Waals surface area (Å²) in [6.45, 7) is 2.96. The van der Waals surface area contributed by atoms with Crippen LogP contribution in [0.15, 0.2) is 67.1 Å². The molecule has 4 aromatic rings. The molecule has 0 saturated carbocycles. The van der Waals surface area contributed by atoms with Crippen LogP contribution < -0.4 is 16.4 Å². The highest BCUT2D eigenvalue weighted by Crippen LogP contribution is 2.32. The Hall–Kier alpha value is -4.11. The summed E-state index contributed by atoms with van der Waals surface area (Å²) in [7, 11) is 0. The van der Waals surface area contributed by atoms with Gasteiger partial charge in [-0.05, 0) is 36.2 Å². The number of pyridine rings is 1. The first-order valence-corrected chi connectivity index (χ1v) is 10.7. The van der Waals surface area contributed by atoms with Gasteiger partial charge in [0.2, 0.25) is 0 Å². The molecule has 4 rings (SSSR count). The zero-order valence-electron chi connectivity index (χ0n) is 18.2. The van der Waals surface area contributed by atoms with Crippen molar-refractivity contribution in [1.82, 2.24) is 15.0 Å². The molecule has 0 radical (unpaired) electrons. The molecule has 0 amide bonds. The van der Waals surface area contributed by atoms with Gasteiger partial charge in [-0.1, -0.05) is 30.3 Å². The summed E-state index contributed by atoms with van der Waals surface area (Å²) in [6, 6.07) is 16.9. The van der Waals surface area contributed by atoms with Crippen molar-refractivity contribution in [3.63, 3.8) is 0 Å². The van der Waals surface area contributed by atoms with Crippen molar-refractivity contribution in [1.29, 1.82) is 0 Å². The van der Waals surface area contributed by atoms with Crippen molar-refractivity contribution in [2.45, 2.75) is 25.9 Å². The van der Waals surface area contributed by atoms with E-state index in [-0.39, 0.29) is 11.7 Å². The van der Waals surface area contributed by atoms with Gasteiger partial charge in [-0.2, -0.15) is 0 Å². The highest BCUT2D eigenvalue weighted by molar-refractivity contribution is 5.94. The van der Waals surface area contributed by atoms with Crippen LogP contribution in [-0.2, 0) is 13.0 Å². The number of nitrogens with one attached hydrogen (secondary N) is 2. The zero-order chi connectivity index (χ0) is 23.2. The van der Waals surface area contributed by atoms with Gasteiger partial charge in [-0.25, -0.2) is 9.97 Å². The molecule has 0 spiro atoms. The SMILES string of the molecule is CCNc1cc2ncnc(NCc3ccc(C(N)Cc4ccccn4)cc3)c2cc1[N+](=O)[O-]. The number of nitro benzene ring substituents is 1. The number of hydrogen-bond acceptors (Lipinski definition) is 8. The second-order valence-electron chi connectivity index (χ2n) is 7.62. The van der Waals surface area contributed by atoms with E-state index in [1.165, 1.54) is 12.4 Å². The van der Waals surface area contributed by atoms with E-state index in [9.17, 15) is 10.1 Å². The molecule has 0 aliphatic rings. The average molecular weight is 444 g/mol. The van der Waals surface area contributed by atoms with Gasteiger partial charge in [0.25, 0.3) is 5.69 Å². The molecule has 1 unspecified atom stereocenters. The molecular formula is C24H25N7O2. The predicted molar refractivity (Wildman–Crippen MR) is 129 cm³/mol. The third kappa shape index (κ3) is 5.21. The fourth-order valence-electron chi connectivity index (χ4n) is 3.65. The Kier molecular flexibility index (Phi) is 6.70. The minimum atomic E-state index is -0.402. The Bertz CT molecular complexity index is 1250. The molecule has 168 valence electrons. The number of benzene rings is 2. The van der Waals surface area contributed by atoms with Gasteiger partial charge in [-0.3, -0.25) is 15.1 Å². The van der Waals surface area contributed by atoms with Crippen molar-refractivity contribution >= 4 is 28.1 Å². The number of nitro groups is 1. The maximum atomic E-state index is 11.5. The van der Waals surface area contributed by atoms with E-state index in [4.69, 9.17) is 5.73 Å². The number of aromatic nitrogens is 3. The quantitative estimate of drug-likeness (QED) is 0.259. The molecule has 9 heteroatoms. The van der Waals surface area contributed by atoms with Crippen molar-refractivity contribution < 1.29 is 4.92 Å². The van der Waals surface area contributed by atoms with Crippen molar-refractivity contribution in [3.8, 4) is 0 Å². The van der Waals surface area contributed by atoms with E-state index in [0.29, 0.717) is 41.9 Å². The van der Waals surface area contributed by atoms with Crippen LogP contribution in [0.3, 0.4) is 0 Å². The van der Waals surface area contributed by atoms with Crippen molar-refractivity contribution in [3.05, 3.63) is 94.1 Å². The van der Waals surface area contributed by atoms with E-state index >= 15 is 0 Å². The standard InChI is InChI=1S/C24H25N7O2/c1-2-26-22-13-21-19(12-23(22)31(32)33)24(30-15-29-21)28-14-16-6-8-17(9-7-16)20(25)11-18-5-3-4-10-27-18/h3-10,12-13,15,20,26H,2,11,14,25H2,1H3,(H,28,29,30). The Labute approximate surface area is 191 Å². The van der Waals surface area contributed by atoms with Crippen LogP contribution in [0, 0.1) is 10.1 Å². The molecular weight excluding hydrogens is 418 g/mol. The predicted octanol–water partition coefficient (Wildman–Crippen LogP) is 4.22. The van der Waals surface area contributed by atoms with Gasteiger partial charge < -0.3 is 16.4 Å². The average Bonchev–Trinajstić information content (AvgIpc) is 2.83. The van der Waals surface area contributed by atoms with Crippen LogP contribution in [0.2, 0.25) is 0 Å². The monoisotopic (exact) mass is 443 g/mol. The van der Waals surface area contributed by atoms with Crippen LogP contribution in [-0.4, -0.2) is 26.4 Å². The number of nitrogens with two attached hydrogens (primary N) is 1. The summed E-state index contributed by atoms with van der Waals surface area (Å²) in [5.41, 5.74) is 10.4. The van der Waals surface area contributed by atoms with Crippen LogP contribution in [0.1, 0.15) is 29.8 Å². The first-order valence-electron chi connectivity index (χ1n) is 10.7. The third-order valence-corrected chi connectivity index (χ3v) is 5.34. The number of fused-ring (bicyclic) bond motifs is 1.